The molecule has 0 aliphatic heterocycles. The number of carbonyl (C=O) groups is 1. The van der Waals surface area contributed by atoms with Gasteiger partial charge in [0.2, 0.25) is 0 Å². The highest BCUT2D eigenvalue weighted by atomic mass is 35.5. The summed E-state index contributed by atoms with van der Waals surface area (Å²) in [6.45, 7) is 1.51. The van der Waals surface area contributed by atoms with E-state index in [4.69, 9.17) is 11.6 Å². The van der Waals surface area contributed by atoms with Gasteiger partial charge in [0.25, 0.3) is 0 Å². The normalized spacial score (nSPS) is 10.2. The number of hydrogen-bond acceptors (Lipinski definition) is 3. The summed E-state index contributed by atoms with van der Waals surface area (Å²) in [6, 6.07) is 9.32. The Morgan fingerprint density at radius 3 is 2.47 bits per heavy atom. The number of nitrogens with zero attached hydrogens (tertiary/aromatic N) is 1. The van der Waals surface area contributed by atoms with Gasteiger partial charge in [0.1, 0.15) is 0 Å². The van der Waals surface area contributed by atoms with Crippen molar-refractivity contribution in [3.05, 3.63) is 53.3 Å². The maximum Gasteiger partial charge on any atom is 0.161 e. The topological polar surface area (TPSA) is 30.0 Å². The number of carbonyl (C=O) groups excluding carboxylic acids is 1. The molecule has 0 aliphatic carbocycles. The monoisotopic (exact) mass is 263 g/mol. The van der Waals surface area contributed by atoms with E-state index in [0.717, 1.165) is 9.79 Å². The average molecular weight is 264 g/mol. The highest BCUT2D eigenvalue weighted by molar-refractivity contribution is 7.99. The van der Waals surface area contributed by atoms with Gasteiger partial charge in [-0.1, -0.05) is 23.4 Å². The number of rotatable bonds is 3. The smallest absolute Gasteiger partial charge is 0.161 e. The molecule has 1 heterocycles. The van der Waals surface area contributed by atoms with Crippen molar-refractivity contribution in [1.82, 2.24) is 4.98 Å². The van der Waals surface area contributed by atoms with Crippen molar-refractivity contribution in [1.29, 1.82) is 0 Å². The van der Waals surface area contributed by atoms with Crippen LogP contribution < -0.4 is 0 Å². The fourth-order valence-corrected chi connectivity index (χ4v) is 2.61. The summed E-state index contributed by atoms with van der Waals surface area (Å²) in [5.41, 5.74) is 0.561. The van der Waals surface area contributed by atoms with Crippen LogP contribution in [0.5, 0.6) is 0 Å². The van der Waals surface area contributed by atoms with Gasteiger partial charge < -0.3 is 0 Å². The SMILES string of the molecule is CC(=O)c1ccc(Sc2ccncc2)cc1Cl. The molecule has 0 N–H and O–H groups in total. The summed E-state index contributed by atoms with van der Waals surface area (Å²) in [6.07, 6.45) is 3.49. The van der Waals surface area contributed by atoms with E-state index in [1.54, 1.807) is 30.2 Å². The molecule has 1 aromatic heterocycles. The minimum absolute atomic E-state index is 0.0181. The van der Waals surface area contributed by atoms with Crippen molar-refractivity contribution in [2.75, 3.05) is 0 Å². The van der Waals surface area contributed by atoms with Gasteiger partial charge >= 0.3 is 0 Å². The molecule has 0 amide bonds. The molecule has 4 heteroatoms. The van der Waals surface area contributed by atoms with Crippen LogP contribution in [0.2, 0.25) is 5.02 Å². The molecule has 17 heavy (non-hydrogen) atoms. The quantitative estimate of drug-likeness (QED) is 0.782. The third kappa shape index (κ3) is 3.08. The maximum atomic E-state index is 11.2. The average Bonchev–Trinajstić information content (AvgIpc) is 2.30. The second kappa shape index (κ2) is 5.34. The summed E-state index contributed by atoms with van der Waals surface area (Å²) >= 11 is 7.63. The van der Waals surface area contributed by atoms with Crippen LogP contribution in [-0.2, 0) is 0 Å². The van der Waals surface area contributed by atoms with Gasteiger partial charge in [-0.3, -0.25) is 9.78 Å². The predicted octanol–water partition coefficient (Wildman–Crippen LogP) is 4.09. The summed E-state index contributed by atoms with van der Waals surface area (Å²) in [4.78, 5) is 17.3. The first kappa shape index (κ1) is 12.1. The number of halogens is 1. The second-order valence-corrected chi connectivity index (χ2v) is 5.04. The van der Waals surface area contributed by atoms with Crippen LogP contribution in [0.25, 0.3) is 0 Å². The van der Waals surface area contributed by atoms with Crippen LogP contribution in [0.3, 0.4) is 0 Å². The summed E-state index contributed by atoms with van der Waals surface area (Å²) < 4.78 is 0. The van der Waals surface area contributed by atoms with Crippen molar-refractivity contribution in [2.45, 2.75) is 16.7 Å². The van der Waals surface area contributed by atoms with Crippen LogP contribution in [0.1, 0.15) is 17.3 Å². The molecule has 1 aromatic carbocycles. The third-order valence-electron chi connectivity index (χ3n) is 2.21. The molecule has 2 aromatic rings. The Kier molecular flexibility index (Phi) is 3.82. The molecule has 0 aliphatic rings. The number of benzene rings is 1. The second-order valence-electron chi connectivity index (χ2n) is 3.48. The van der Waals surface area contributed by atoms with E-state index < -0.39 is 0 Å². The van der Waals surface area contributed by atoms with Gasteiger partial charge in [0.05, 0.1) is 5.02 Å². The summed E-state index contributed by atoms with van der Waals surface area (Å²) in [7, 11) is 0. The molecule has 0 unspecified atom stereocenters. The molecule has 0 saturated heterocycles. The number of pyridine rings is 1. The highest BCUT2D eigenvalue weighted by Gasteiger charge is 2.06. The van der Waals surface area contributed by atoms with E-state index in [1.807, 2.05) is 24.3 Å². The van der Waals surface area contributed by atoms with Crippen LogP contribution >= 0.6 is 23.4 Å². The van der Waals surface area contributed by atoms with Gasteiger partial charge in [-0.05, 0) is 37.3 Å². The molecule has 86 valence electrons. The first-order valence-corrected chi connectivity index (χ1v) is 6.24. The minimum Gasteiger partial charge on any atom is -0.294 e. The maximum absolute atomic E-state index is 11.2. The predicted molar refractivity (Wildman–Crippen MR) is 69.8 cm³/mol. The zero-order chi connectivity index (χ0) is 12.3. The van der Waals surface area contributed by atoms with Crippen molar-refractivity contribution >= 4 is 29.1 Å². The Morgan fingerprint density at radius 1 is 1.18 bits per heavy atom. The van der Waals surface area contributed by atoms with E-state index in [1.165, 1.54) is 6.92 Å². The first-order valence-electron chi connectivity index (χ1n) is 5.05. The van der Waals surface area contributed by atoms with Gasteiger partial charge in [0.15, 0.2) is 5.78 Å². The Bertz CT molecular complexity index is 542. The van der Waals surface area contributed by atoms with E-state index in [9.17, 15) is 4.79 Å². The molecule has 0 fully saturated rings. The van der Waals surface area contributed by atoms with Crippen molar-refractivity contribution in [3.8, 4) is 0 Å². The third-order valence-corrected chi connectivity index (χ3v) is 3.52. The summed E-state index contributed by atoms with van der Waals surface area (Å²) in [5, 5.41) is 0.497. The van der Waals surface area contributed by atoms with Gasteiger partial charge in [0, 0.05) is 27.7 Å². The molecule has 0 radical (unpaired) electrons. The lowest BCUT2D eigenvalue weighted by atomic mass is 10.1. The Balaban J connectivity index is 2.24. The van der Waals surface area contributed by atoms with E-state index >= 15 is 0 Å². The number of hydrogen-bond donors (Lipinski definition) is 0. The fourth-order valence-electron chi connectivity index (χ4n) is 1.39. The molecule has 0 bridgehead atoms. The van der Waals surface area contributed by atoms with Gasteiger partial charge in [-0.25, -0.2) is 0 Å². The van der Waals surface area contributed by atoms with E-state index in [0.29, 0.717) is 10.6 Å². The van der Waals surface area contributed by atoms with Crippen molar-refractivity contribution in [3.63, 3.8) is 0 Å². The van der Waals surface area contributed by atoms with E-state index in [-0.39, 0.29) is 5.78 Å². The van der Waals surface area contributed by atoms with Crippen LogP contribution in [-0.4, -0.2) is 10.8 Å². The molecule has 0 spiro atoms. The molecule has 0 saturated carbocycles. The molecule has 0 atom stereocenters. The Morgan fingerprint density at radius 2 is 1.88 bits per heavy atom. The zero-order valence-electron chi connectivity index (χ0n) is 9.18. The van der Waals surface area contributed by atoms with Crippen LogP contribution in [0, 0.1) is 0 Å². The highest BCUT2D eigenvalue weighted by Crippen LogP contribution is 2.30. The lowest BCUT2D eigenvalue weighted by Gasteiger charge is -2.04. The number of Topliss-reactive ketones (excluding diaryl/α,β-unsaturated/α-hetero) is 1. The van der Waals surface area contributed by atoms with Gasteiger partial charge in [-0.2, -0.15) is 0 Å². The number of aromatic nitrogens is 1. The molecule has 2 nitrogen and oxygen atoms in total. The van der Waals surface area contributed by atoms with Crippen LogP contribution in [0.15, 0.2) is 52.5 Å². The first-order chi connectivity index (χ1) is 8.16. The van der Waals surface area contributed by atoms with Crippen molar-refractivity contribution < 1.29 is 4.79 Å². The minimum atomic E-state index is -0.0181. The largest absolute Gasteiger partial charge is 0.294 e. The number of ketones is 1. The lowest BCUT2D eigenvalue weighted by Crippen LogP contribution is -1.92. The fraction of sp³-hybridized carbons (Fsp3) is 0.0769. The van der Waals surface area contributed by atoms with E-state index in [2.05, 4.69) is 4.98 Å². The standard InChI is InChI=1S/C13H10ClNOS/c1-9(16)12-3-2-11(8-13(12)14)17-10-4-6-15-7-5-10/h2-8H,1H3. The summed E-state index contributed by atoms with van der Waals surface area (Å²) in [5.74, 6) is -0.0181. The van der Waals surface area contributed by atoms with Crippen LogP contribution in [0.4, 0.5) is 0 Å². The molecular formula is C13H10ClNOS. The molecular weight excluding hydrogens is 254 g/mol. The Hall–Kier alpha value is -1.32. The zero-order valence-corrected chi connectivity index (χ0v) is 10.8. The van der Waals surface area contributed by atoms with Crippen molar-refractivity contribution in [2.24, 2.45) is 0 Å². The molecule has 2 rings (SSSR count). The van der Waals surface area contributed by atoms with Gasteiger partial charge in [-0.15, -0.1) is 0 Å². The Labute approximate surface area is 109 Å². The lowest BCUT2D eigenvalue weighted by molar-refractivity contribution is 0.101.